The largest absolute Gasteiger partial charge is 0.493 e. The van der Waals surface area contributed by atoms with Crippen LogP contribution in [-0.2, 0) is 6.54 Å². The summed E-state index contributed by atoms with van der Waals surface area (Å²) in [7, 11) is 0. The summed E-state index contributed by atoms with van der Waals surface area (Å²) in [6, 6.07) is 27.2. The van der Waals surface area contributed by atoms with Gasteiger partial charge in [0.05, 0.1) is 18.2 Å². The third kappa shape index (κ3) is 5.91. The van der Waals surface area contributed by atoms with Crippen molar-refractivity contribution >= 4 is 11.8 Å². The van der Waals surface area contributed by atoms with Gasteiger partial charge < -0.3 is 4.74 Å². The molecule has 0 spiro atoms. The van der Waals surface area contributed by atoms with Crippen molar-refractivity contribution in [1.82, 2.24) is 4.90 Å². The van der Waals surface area contributed by atoms with Gasteiger partial charge in [0.1, 0.15) is 5.75 Å². The molecule has 1 heterocycles. The van der Waals surface area contributed by atoms with Crippen LogP contribution in [0.5, 0.6) is 5.75 Å². The van der Waals surface area contributed by atoms with Crippen LogP contribution >= 0.6 is 11.8 Å². The molecule has 4 heteroatoms. The number of rotatable bonds is 7. The predicted molar refractivity (Wildman–Crippen MR) is 128 cm³/mol. The molecule has 3 aromatic rings. The van der Waals surface area contributed by atoms with Crippen LogP contribution in [0.25, 0.3) is 11.1 Å². The normalized spacial score (nSPS) is 14.8. The first-order valence-electron chi connectivity index (χ1n) is 10.8. The van der Waals surface area contributed by atoms with Crippen LogP contribution in [0.3, 0.4) is 0 Å². The molecule has 0 N–H and O–H groups in total. The van der Waals surface area contributed by atoms with Gasteiger partial charge in [-0.05, 0) is 91.2 Å². The van der Waals surface area contributed by atoms with Crippen molar-refractivity contribution < 1.29 is 4.74 Å². The zero-order valence-electron chi connectivity index (χ0n) is 18.0. The molecule has 158 valence electrons. The lowest BCUT2D eigenvalue weighted by molar-refractivity contribution is 0.137. The second-order valence-corrected chi connectivity index (χ2v) is 8.97. The van der Waals surface area contributed by atoms with Crippen molar-refractivity contribution in [1.29, 1.82) is 5.26 Å². The van der Waals surface area contributed by atoms with Gasteiger partial charge in [-0.1, -0.05) is 36.4 Å². The standard InChI is InChI=1S/C27H28N2OS/c1-31-27-12-8-25(9-13-27)24-6-10-26(11-7-24)30-20-23-14-16-29(17-15-23)19-22-4-2-21(18-28)3-5-22/h2-13,23H,14-17,19-20H2,1H3. The second kappa shape index (κ2) is 10.5. The summed E-state index contributed by atoms with van der Waals surface area (Å²) < 4.78 is 6.10. The van der Waals surface area contributed by atoms with E-state index in [4.69, 9.17) is 10.00 Å². The van der Waals surface area contributed by atoms with Gasteiger partial charge in [0.25, 0.3) is 0 Å². The molecule has 0 aliphatic carbocycles. The topological polar surface area (TPSA) is 36.3 Å². The minimum atomic E-state index is 0.607. The first-order chi connectivity index (χ1) is 15.2. The Kier molecular flexibility index (Phi) is 7.30. The van der Waals surface area contributed by atoms with Gasteiger partial charge in [0.2, 0.25) is 0 Å². The maximum absolute atomic E-state index is 8.92. The molecular weight excluding hydrogens is 400 g/mol. The fourth-order valence-electron chi connectivity index (χ4n) is 4.00. The monoisotopic (exact) mass is 428 g/mol. The third-order valence-corrected chi connectivity index (χ3v) is 6.70. The molecule has 1 saturated heterocycles. The Morgan fingerprint density at radius 3 is 2.10 bits per heavy atom. The quantitative estimate of drug-likeness (QED) is 0.418. The van der Waals surface area contributed by atoms with Crippen molar-refractivity contribution in [2.45, 2.75) is 24.3 Å². The zero-order valence-corrected chi connectivity index (χ0v) is 18.8. The number of ether oxygens (including phenoxy) is 1. The van der Waals surface area contributed by atoms with Crippen molar-refractivity contribution in [3.8, 4) is 22.9 Å². The highest BCUT2D eigenvalue weighted by atomic mass is 32.2. The number of nitriles is 1. The summed E-state index contributed by atoms with van der Waals surface area (Å²) in [4.78, 5) is 3.78. The maximum atomic E-state index is 8.92. The molecular formula is C27H28N2OS. The van der Waals surface area contributed by atoms with Crippen LogP contribution in [0.4, 0.5) is 0 Å². The molecule has 3 nitrogen and oxygen atoms in total. The summed E-state index contributed by atoms with van der Waals surface area (Å²) >= 11 is 1.76. The van der Waals surface area contributed by atoms with Gasteiger partial charge in [0.15, 0.2) is 0 Å². The first kappa shape index (κ1) is 21.5. The smallest absolute Gasteiger partial charge is 0.119 e. The van der Waals surface area contributed by atoms with E-state index in [9.17, 15) is 0 Å². The average Bonchev–Trinajstić information content (AvgIpc) is 2.84. The van der Waals surface area contributed by atoms with E-state index in [-0.39, 0.29) is 0 Å². The fourth-order valence-corrected chi connectivity index (χ4v) is 4.40. The second-order valence-electron chi connectivity index (χ2n) is 8.09. The summed E-state index contributed by atoms with van der Waals surface area (Å²) in [6.07, 6.45) is 4.42. The molecule has 0 unspecified atom stereocenters. The number of hydrogen-bond acceptors (Lipinski definition) is 4. The number of likely N-dealkylation sites (tertiary alicyclic amines) is 1. The van der Waals surface area contributed by atoms with Crippen LogP contribution in [0, 0.1) is 17.2 Å². The van der Waals surface area contributed by atoms with Gasteiger partial charge in [0, 0.05) is 11.4 Å². The Morgan fingerprint density at radius 1 is 0.903 bits per heavy atom. The Bertz CT molecular complexity index is 999. The lowest BCUT2D eigenvalue weighted by atomic mass is 9.97. The molecule has 0 amide bonds. The lowest BCUT2D eigenvalue weighted by Gasteiger charge is -2.31. The Hall–Kier alpha value is -2.74. The lowest BCUT2D eigenvalue weighted by Crippen LogP contribution is -2.35. The van der Waals surface area contributed by atoms with Gasteiger partial charge in [-0.3, -0.25) is 4.90 Å². The number of benzene rings is 3. The van der Waals surface area contributed by atoms with Crippen molar-refractivity contribution in [2.24, 2.45) is 5.92 Å². The minimum Gasteiger partial charge on any atom is -0.493 e. The molecule has 1 aliphatic rings. The van der Waals surface area contributed by atoms with Crippen LogP contribution in [0.1, 0.15) is 24.0 Å². The SMILES string of the molecule is CSc1ccc(-c2ccc(OCC3CCN(Cc4ccc(C#N)cc4)CC3)cc2)cc1. The molecule has 1 aliphatic heterocycles. The van der Waals surface area contributed by atoms with Crippen LogP contribution in [0.15, 0.2) is 77.7 Å². The van der Waals surface area contributed by atoms with Gasteiger partial charge in [-0.25, -0.2) is 0 Å². The molecule has 1 fully saturated rings. The Balaban J connectivity index is 1.22. The summed E-state index contributed by atoms with van der Waals surface area (Å²) in [5.41, 5.74) is 4.45. The number of piperidine rings is 1. The summed E-state index contributed by atoms with van der Waals surface area (Å²) in [5.74, 6) is 1.56. The minimum absolute atomic E-state index is 0.607. The van der Waals surface area contributed by atoms with E-state index in [1.807, 2.05) is 12.1 Å². The van der Waals surface area contributed by atoms with Gasteiger partial charge >= 0.3 is 0 Å². The summed E-state index contributed by atoms with van der Waals surface area (Å²) in [6.45, 7) is 3.93. The van der Waals surface area contributed by atoms with Crippen LogP contribution in [-0.4, -0.2) is 30.9 Å². The molecule has 0 atom stereocenters. The Morgan fingerprint density at radius 2 is 1.52 bits per heavy atom. The maximum Gasteiger partial charge on any atom is 0.119 e. The number of nitrogens with zero attached hydrogens (tertiary/aromatic N) is 2. The van der Waals surface area contributed by atoms with E-state index < -0.39 is 0 Å². The van der Waals surface area contributed by atoms with Gasteiger partial charge in [-0.2, -0.15) is 5.26 Å². The predicted octanol–water partition coefficient (Wildman–Crippen LogP) is 6.24. The molecule has 0 saturated carbocycles. The van der Waals surface area contributed by atoms with Crippen LogP contribution in [0.2, 0.25) is 0 Å². The molecule has 0 radical (unpaired) electrons. The highest BCUT2D eigenvalue weighted by Crippen LogP contribution is 2.26. The molecule has 31 heavy (non-hydrogen) atoms. The van der Waals surface area contributed by atoms with E-state index >= 15 is 0 Å². The van der Waals surface area contributed by atoms with Crippen molar-refractivity contribution in [2.75, 3.05) is 26.0 Å². The zero-order chi connectivity index (χ0) is 21.5. The van der Waals surface area contributed by atoms with E-state index in [0.29, 0.717) is 5.92 Å². The van der Waals surface area contributed by atoms with Crippen LogP contribution < -0.4 is 4.74 Å². The highest BCUT2D eigenvalue weighted by molar-refractivity contribution is 7.98. The molecule has 3 aromatic carbocycles. The van der Waals surface area contributed by atoms with E-state index in [0.717, 1.165) is 50.4 Å². The third-order valence-electron chi connectivity index (χ3n) is 5.96. The van der Waals surface area contributed by atoms with E-state index in [1.54, 1.807) is 11.8 Å². The van der Waals surface area contributed by atoms with Gasteiger partial charge in [-0.15, -0.1) is 11.8 Å². The van der Waals surface area contributed by atoms with Crippen molar-refractivity contribution in [3.63, 3.8) is 0 Å². The molecule has 4 rings (SSSR count). The van der Waals surface area contributed by atoms with E-state index in [1.165, 1.54) is 21.6 Å². The average molecular weight is 429 g/mol. The number of hydrogen-bond donors (Lipinski definition) is 0. The molecule has 0 bridgehead atoms. The highest BCUT2D eigenvalue weighted by Gasteiger charge is 2.20. The molecule has 0 aromatic heterocycles. The first-order valence-corrected chi connectivity index (χ1v) is 12.0. The summed E-state index contributed by atoms with van der Waals surface area (Å²) in [5, 5.41) is 8.92. The number of thioether (sulfide) groups is 1. The van der Waals surface area contributed by atoms with E-state index in [2.05, 4.69) is 77.9 Å². The van der Waals surface area contributed by atoms with Crippen molar-refractivity contribution in [3.05, 3.63) is 83.9 Å². The fraction of sp³-hybridized carbons (Fsp3) is 0.296. The Labute approximate surface area is 189 Å².